The second kappa shape index (κ2) is 9.86. The first-order chi connectivity index (χ1) is 13.6. The van der Waals surface area contributed by atoms with E-state index in [0.29, 0.717) is 24.5 Å². The van der Waals surface area contributed by atoms with E-state index in [4.69, 9.17) is 9.47 Å². The molecule has 2 heterocycles. The van der Waals surface area contributed by atoms with Crippen LogP contribution in [0.25, 0.3) is 0 Å². The van der Waals surface area contributed by atoms with Crippen LogP contribution < -0.4 is 21.3 Å². The van der Waals surface area contributed by atoms with Crippen molar-refractivity contribution in [2.45, 2.75) is 31.8 Å². The number of ether oxygens (including phenoxy) is 2. The van der Waals surface area contributed by atoms with Gasteiger partial charge in [0.1, 0.15) is 0 Å². The van der Waals surface area contributed by atoms with Gasteiger partial charge >= 0.3 is 6.03 Å². The van der Waals surface area contributed by atoms with Crippen molar-refractivity contribution in [1.82, 2.24) is 10.6 Å². The van der Waals surface area contributed by atoms with Crippen molar-refractivity contribution in [3.63, 3.8) is 0 Å². The van der Waals surface area contributed by atoms with Crippen LogP contribution in [0.2, 0.25) is 0 Å². The molecule has 0 radical (unpaired) electrons. The molecule has 0 bridgehead atoms. The molecule has 0 saturated carbocycles. The highest BCUT2D eigenvalue weighted by molar-refractivity contribution is 5.96. The van der Waals surface area contributed by atoms with E-state index in [1.54, 1.807) is 31.4 Å². The molecule has 0 aliphatic carbocycles. The molecule has 1 atom stereocenters. The fourth-order valence-electron chi connectivity index (χ4n) is 3.71. The van der Waals surface area contributed by atoms with Gasteiger partial charge in [0, 0.05) is 31.6 Å². The van der Waals surface area contributed by atoms with Crippen molar-refractivity contribution in [3.05, 3.63) is 24.3 Å². The molecule has 2 aliphatic rings. The molecule has 3 amide bonds. The van der Waals surface area contributed by atoms with Crippen molar-refractivity contribution in [3.8, 4) is 0 Å². The monoisotopic (exact) mass is 390 g/mol. The highest BCUT2D eigenvalue weighted by Gasteiger charge is 2.39. The summed E-state index contributed by atoms with van der Waals surface area (Å²) in [4.78, 5) is 24.8. The molecule has 154 valence electrons. The Morgan fingerprint density at radius 1 is 1.18 bits per heavy atom. The van der Waals surface area contributed by atoms with Gasteiger partial charge in [-0.3, -0.25) is 4.79 Å². The number of methoxy groups -OCH3 is 1. The van der Waals surface area contributed by atoms with Gasteiger partial charge in [0.05, 0.1) is 18.1 Å². The van der Waals surface area contributed by atoms with E-state index in [0.717, 1.165) is 45.4 Å². The lowest BCUT2D eigenvalue weighted by Crippen LogP contribution is -2.47. The third kappa shape index (κ3) is 5.43. The highest BCUT2D eigenvalue weighted by Crippen LogP contribution is 2.31. The van der Waals surface area contributed by atoms with Crippen molar-refractivity contribution in [2.75, 3.05) is 50.6 Å². The predicted octanol–water partition coefficient (Wildman–Crippen LogP) is 1.94. The van der Waals surface area contributed by atoms with Crippen LogP contribution in [0.3, 0.4) is 0 Å². The Hall–Kier alpha value is -2.16. The molecular weight excluding hydrogens is 360 g/mol. The third-order valence-corrected chi connectivity index (χ3v) is 5.38. The summed E-state index contributed by atoms with van der Waals surface area (Å²) in [6.45, 7) is 3.30. The number of nitrogens with one attached hydrogen (secondary N) is 4. The van der Waals surface area contributed by atoms with Crippen LogP contribution >= 0.6 is 0 Å². The number of urea groups is 1. The minimum atomic E-state index is -0.501. The van der Waals surface area contributed by atoms with Gasteiger partial charge in [-0.25, -0.2) is 4.79 Å². The summed E-state index contributed by atoms with van der Waals surface area (Å²) >= 11 is 0. The number of piperidine rings is 1. The number of rotatable bonds is 7. The maximum absolute atomic E-state index is 12.8. The van der Waals surface area contributed by atoms with Crippen LogP contribution in [0.1, 0.15) is 25.7 Å². The number of hydrogen-bond donors (Lipinski definition) is 4. The first-order valence-electron chi connectivity index (χ1n) is 9.89. The topological polar surface area (TPSA) is 101 Å². The molecule has 1 aromatic rings. The molecule has 1 unspecified atom stereocenters. The molecule has 8 heteroatoms. The molecule has 1 aromatic carbocycles. The SMILES string of the molecule is COCC1(C(=O)Nc2ccc(NC(=O)NCC3CCCO3)cc2)CCNCC1. The van der Waals surface area contributed by atoms with Gasteiger partial charge in [-0.1, -0.05) is 0 Å². The smallest absolute Gasteiger partial charge is 0.319 e. The predicted molar refractivity (Wildman–Crippen MR) is 107 cm³/mol. The van der Waals surface area contributed by atoms with E-state index in [2.05, 4.69) is 21.3 Å². The number of carbonyl (C=O) groups excluding carboxylic acids is 2. The maximum Gasteiger partial charge on any atom is 0.319 e. The lowest BCUT2D eigenvalue weighted by atomic mass is 9.78. The Morgan fingerprint density at radius 3 is 2.46 bits per heavy atom. The molecule has 4 N–H and O–H groups in total. The van der Waals surface area contributed by atoms with E-state index >= 15 is 0 Å². The van der Waals surface area contributed by atoms with E-state index in [-0.39, 0.29) is 18.0 Å². The molecular formula is C20H30N4O4. The van der Waals surface area contributed by atoms with Gasteiger partial charge in [0.2, 0.25) is 5.91 Å². The highest BCUT2D eigenvalue weighted by atomic mass is 16.5. The molecule has 3 rings (SSSR count). The minimum Gasteiger partial charge on any atom is -0.384 e. The van der Waals surface area contributed by atoms with Crippen molar-refractivity contribution in [2.24, 2.45) is 5.41 Å². The Bertz CT molecular complexity index is 647. The van der Waals surface area contributed by atoms with Crippen LogP contribution in [-0.2, 0) is 14.3 Å². The third-order valence-electron chi connectivity index (χ3n) is 5.38. The van der Waals surface area contributed by atoms with Gasteiger partial charge in [0.25, 0.3) is 0 Å². The number of amides is 3. The molecule has 0 aromatic heterocycles. The lowest BCUT2D eigenvalue weighted by molar-refractivity contribution is -0.130. The standard InChI is InChI=1S/C20H30N4O4/c1-27-14-20(8-10-21-11-9-20)18(25)23-15-4-6-16(7-5-15)24-19(26)22-13-17-3-2-12-28-17/h4-7,17,21H,2-3,8-14H2,1H3,(H,23,25)(H2,22,24,26). The molecule has 28 heavy (non-hydrogen) atoms. The van der Waals surface area contributed by atoms with Gasteiger partial charge in [0.15, 0.2) is 0 Å². The molecule has 2 saturated heterocycles. The fraction of sp³-hybridized carbons (Fsp3) is 0.600. The Labute approximate surface area is 165 Å². The van der Waals surface area contributed by atoms with Crippen LogP contribution in [0, 0.1) is 5.41 Å². The Morgan fingerprint density at radius 2 is 1.86 bits per heavy atom. The summed E-state index contributed by atoms with van der Waals surface area (Å²) in [5.41, 5.74) is 0.861. The quantitative estimate of drug-likeness (QED) is 0.570. The van der Waals surface area contributed by atoms with Crippen LogP contribution in [0.15, 0.2) is 24.3 Å². The van der Waals surface area contributed by atoms with E-state index in [1.165, 1.54) is 0 Å². The number of carbonyl (C=O) groups is 2. The van der Waals surface area contributed by atoms with Gasteiger partial charge in [-0.05, 0) is 63.0 Å². The summed E-state index contributed by atoms with van der Waals surface area (Å²) in [6.07, 6.45) is 3.63. The van der Waals surface area contributed by atoms with E-state index in [9.17, 15) is 9.59 Å². The van der Waals surface area contributed by atoms with Crippen molar-refractivity contribution in [1.29, 1.82) is 0 Å². The maximum atomic E-state index is 12.8. The van der Waals surface area contributed by atoms with Gasteiger partial charge in [-0.15, -0.1) is 0 Å². The molecule has 0 spiro atoms. The van der Waals surface area contributed by atoms with Crippen LogP contribution in [-0.4, -0.2) is 58.0 Å². The number of hydrogen-bond acceptors (Lipinski definition) is 5. The second-order valence-corrected chi connectivity index (χ2v) is 7.46. The lowest BCUT2D eigenvalue weighted by Gasteiger charge is -2.35. The number of anilines is 2. The molecule has 2 aliphatic heterocycles. The van der Waals surface area contributed by atoms with Crippen molar-refractivity contribution >= 4 is 23.3 Å². The van der Waals surface area contributed by atoms with Gasteiger partial charge < -0.3 is 30.7 Å². The largest absolute Gasteiger partial charge is 0.384 e. The second-order valence-electron chi connectivity index (χ2n) is 7.46. The summed E-state index contributed by atoms with van der Waals surface area (Å²) in [7, 11) is 1.63. The van der Waals surface area contributed by atoms with E-state index < -0.39 is 5.41 Å². The fourth-order valence-corrected chi connectivity index (χ4v) is 3.71. The minimum absolute atomic E-state index is 0.0223. The normalized spacial score (nSPS) is 21.1. The first-order valence-corrected chi connectivity index (χ1v) is 9.89. The Kier molecular flexibility index (Phi) is 7.24. The summed E-state index contributed by atoms with van der Waals surface area (Å²) < 4.78 is 10.8. The molecule has 2 fully saturated rings. The zero-order valence-electron chi connectivity index (χ0n) is 16.4. The average Bonchev–Trinajstić information content (AvgIpc) is 3.22. The Balaban J connectivity index is 1.50. The number of benzene rings is 1. The zero-order valence-corrected chi connectivity index (χ0v) is 16.4. The first kappa shape index (κ1) is 20.6. The van der Waals surface area contributed by atoms with Crippen LogP contribution in [0.5, 0.6) is 0 Å². The zero-order chi connectivity index (χ0) is 19.8. The summed E-state index contributed by atoms with van der Waals surface area (Å²) in [5, 5.41) is 11.9. The molecule has 8 nitrogen and oxygen atoms in total. The van der Waals surface area contributed by atoms with E-state index in [1.807, 2.05) is 0 Å². The summed E-state index contributed by atoms with van der Waals surface area (Å²) in [6, 6.07) is 6.85. The van der Waals surface area contributed by atoms with Crippen molar-refractivity contribution < 1.29 is 19.1 Å². The van der Waals surface area contributed by atoms with Crippen LogP contribution in [0.4, 0.5) is 16.2 Å². The summed E-state index contributed by atoms with van der Waals surface area (Å²) in [5.74, 6) is -0.0223. The van der Waals surface area contributed by atoms with Gasteiger partial charge in [-0.2, -0.15) is 0 Å². The average molecular weight is 390 g/mol.